The van der Waals surface area contributed by atoms with E-state index in [1.54, 1.807) is 10.5 Å². The summed E-state index contributed by atoms with van der Waals surface area (Å²) in [7, 11) is 0. The van der Waals surface area contributed by atoms with E-state index in [1.807, 2.05) is 60.5 Å². The van der Waals surface area contributed by atoms with E-state index in [9.17, 15) is 9.59 Å². The third-order valence-corrected chi connectivity index (χ3v) is 4.93. The maximum atomic E-state index is 12.5. The van der Waals surface area contributed by atoms with Crippen LogP contribution in [0.4, 0.5) is 0 Å². The zero-order chi connectivity index (χ0) is 18.8. The van der Waals surface area contributed by atoms with Crippen LogP contribution in [0.15, 0.2) is 59.5 Å². The van der Waals surface area contributed by atoms with E-state index in [0.717, 1.165) is 29.9 Å². The van der Waals surface area contributed by atoms with Gasteiger partial charge in [0.25, 0.3) is 11.5 Å². The van der Waals surface area contributed by atoms with Gasteiger partial charge in [-0.15, -0.1) is 0 Å². The molecular weight excluding hydrogens is 340 g/mol. The van der Waals surface area contributed by atoms with Gasteiger partial charge in [0.2, 0.25) is 0 Å². The molecule has 0 unspecified atom stereocenters. The molecule has 2 aromatic heterocycles. The van der Waals surface area contributed by atoms with Crippen LogP contribution < -0.4 is 5.56 Å². The van der Waals surface area contributed by atoms with Crippen molar-refractivity contribution in [2.45, 2.75) is 13.5 Å². The summed E-state index contributed by atoms with van der Waals surface area (Å²) in [5, 5.41) is 0. The fourth-order valence-corrected chi connectivity index (χ4v) is 3.44. The molecule has 4 rings (SSSR count). The average Bonchev–Trinajstić information content (AvgIpc) is 2.69. The third kappa shape index (κ3) is 3.75. The van der Waals surface area contributed by atoms with Crippen LogP contribution in [0.3, 0.4) is 0 Å². The minimum atomic E-state index is -0.0587. The number of piperazine rings is 1. The van der Waals surface area contributed by atoms with E-state index >= 15 is 0 Å². The molecule has 1 saturated heterocycles. The molecule has 138 valence electrons. The minimum absolute atomic E-state index is 0.0587. The van der Waals surface area contributed by atoms with Crippen LogP contribution in [-0.4, -0.2) is 51.3 Å². The van der Waals surface area contributed by atoms with Gasteiger partial charge in [0.15, 0.2) is 0 Å². The molecule has 1 fully saturated rings. The number of carbonyl (C=O) groups is 1. The van der Waals surface area contributed by atoms with Gasteiger partial charge in [-0.05, 0) is 30.7 Å². The molecule has 3 heterocycles. The average molecular weight is 362 g/mol. The monoisotopic (exact) mass is 362 g/mol. The summed E-state index contributed by atoms with van der Waals surface area (Å²) in [6.07, 6.45) is 1.81. The number of amides is 1. The number of carbonyl (C=O) groups excluding carboxylic acids is 1. The smallest absolute Gasteiger partial charge is 0.258 e. The van der Waals surface area contributed by atoms with Crippen molar-refractivity contribution in [1.29, 1.82) is 0 Å². The fourth-order valence-electron chi connectivity index (χ4n) is 3.44. The molecule has 6 nitrogen and oxygen atoms in total. The highest BCUT2D eigenvalue weighted by atomic mass is 16.2. The summed E-state index contributed by atoms with van der Waals surface area (Å²) in [6, 6.07) is 14.8. The van der Waals surface area contributed by atoms with Crippen molar-refractivity contribution in [2.75, 3.05) is 26.2 Å². The second kappa shape index (κ2) is 7.32. The predicted octanol–water partition coefficient (Wildman–Crippen LogP) is 1.96. The maximum Gasteiger partial charge on any atom is 0.258 e. The lowest BCUT2D eigenvalue weighted by Crippen LogP contribution is -2.48. The first-order valence-corrected chi connectivity index (χ1v) is 9.16. The Hall–Kier alpha value is -2.99. The minimum Gasteiger partial charge on any atom is -0.336 e. The molecule has 0 atom stereocenters. The van der Waals surface area contributed by atoms with E-state index < -0.39 is 0 Å². The SMILES string of the molecule is Cc1ccc2nc(CN3CCN(C(=O)c4ccccc4)CC3)cc(=O)n2c1. The number of fused-ring (bicyclic) bond motifs is 1. The van der Waals surface area contributed by atoms with Gasteiger partial charge in [-0.3, -0.25) is 18.9 Å². The Bertz CT molecular complexity index is 1020. The number of hydrogen-bond donors (Lipinski definition) is 0. The van der Waals surface area contributed by atoms with Crippen molar-refractivity contribution in [2.24, 2.45) is 0 Å². The zero-order valence-corrected chi connectivity index (χ0v) is 15.3. The summed E-state index contributed by atoms with van der Waals surface area (Å²) in [5.41, 5.74) is 3.13. The van der Waals surface area contributed by atoms with Crippen LogP contribution in [0.25, 0.3) is 5.65 Å². The Balaban J connectivity index is 1.42. The van der Waals surface area contributed by atoms with Crippen molar-refractivity contribution < 1.29 is 4.79 Å². The molecule has 27 heavy (non-hydrogen) atoms. The summed E-state index contributed by atoms with van der Waals surface area (Å²) < 4.78 is 1.58. The van der Waals surface area contributed by atoms with Gasteiger partial charge in [0.05, 0.1) is 5.69 Å². The molecule has 0 saturated carbocycles. The van der Waals surface area contributed by atoms with Gasteiger partial charge in [0.1, 0.15) is 5.65 Å². The molecule has 1 aliphatic rings. The molecule has 1 aliphatic heterocycles. The van der Waals surface area contributed by atoms with Gasteiger partial charge in [-0.2, -0.15) is 0 Å². The van der Waals surface area contributed by atoms with E-state index in [1.165, 1.54) is 0 Å². The van der Waals surface area contributed by atoms with Crippen LogP contribution in [0.2, 0.25) is 0 Å². The van der Waals surface area contributed by atoms with Gasteiger partial charge in [0, 0.05) is 50.6 Å². The standard InChI is InChI=1S/C21H22N4O2/c1-16-7-8-19-22-18(13-20(26)25(19)14-16)15-23-9-11-24(12-10-23)21(27)17-5-3-2-4-6-17/h2-8,13-14H,9-12,15H2,1H3. The molecule has 0 N–H and O–H groups in total. The Labute approximate surface area is 157 Å². The van der Waals surface area contributed by atoms with Crippen LogP contribution in [0.5, 0.6) is 0 Å². The first-order chi connectivity index (χ1) is 13.1. The molecule has 0 radical (unpaired) electrons. The highest BCUT2D eigenvalue weighted by Gasteiger charge is 2.22. The van der Waals surface area contributed by atoms with Crippen molar-refractivity contribution in [1.82, 2.24) is 19.2 Å². The second-order valence-electron chi connectivity index (χ2n) is 6.95. The molecule has 0 bridgehead atoms. The first-order valence-electron chi connectivity index (χ1n) is 9.16. The third-order valence-electron chi connectivity index (χ3n) is 4.93. The number of rotatable bonds is 3. The zero-order valence-electron chi connectivity index (χ0n) is 15.3. The molecule has 3 aromatic rings. The molecule has 1 amide bonds. The summed E-state index contributed by atoms with van der Waals surface area (Å²) in [6.45, 7) is 5.48. The Kier molecular flexibility index (Phi) is 4.73. The summed E-state index contributed by atoms with van der Waals surface area (Å²) >= 11 is 0. The maximum absolute atomic E-state index is 12.5. The van der Waals surface area contributed by atoms with Gasteiger partial charge >= 0.3 is 0 Å². The predicted molar refractivity (Wildman–Crippen MR) is 104 cm³/mol. The number of hydrogen-bond acceptors (Lipinski definition) is 4. The number of benzene rings is 1. The van der Waals surface area contributed by atoms with E-state index in [4.69, 9.17) is 0 Å². The Morgan fingerprint density at radius 1 is 1.04 bits per heavy atom. The molecule has 0 spiro atoms. The highest BCUT2D eigenvalue weighted by Crippen LogP contribution is 2.11. The fraction of sp³-hybridized carbons (Fsp3) is 0.286. The largest absolute Gasteiger partial charge is 0.336 e. The molecule has 0 aliphatic carbocycles. The van der Waals surface area contributed by atoms with Crippen LogP contribution in [-0.2, 0) is 6.54 Å². The topological polar surface area (TPSA) is 57.9 Å². The van der Waals surface area contributed by atoms with Gasteiger partial charge in [-0.1, -0.05) is 24.3 Å². The van der Waals surface area contributed by atoms with Crippen LogP contribution in [0.1, 0.15) is 21.6 Å². The van der Waals surface area contributed by atoms with Gasteiger partial charge in [-0.25, -0.2) is 4.98 Å². The first kappa shape index (κ1) is 17.4. The Morgan fingerprint density at radius 2 is 1.78 bits per heavy atom. The lowest BCUT2D eigenvalue weighted by atomic mass is 10.2. The quantitative estimate of drug-likeness (QED) is 0.715. The van der Waals surface area contributed by atoms with Crippen molar-refractivity contribution >= 4 is 11.6 Å². The molecule has 1 aromatic carbocycles. The highest BCUT2D eigenvalue weighted by molar-refractivity contribution is 5.94. The number of pyridine rings is 1. The Morgan fingerprint density at radius 3 is 2.52 bits per heavy atom. The number of aryl methyl sites for hydroxylation is 1. The summed E-state index contributed by atoms with van der Waals surface area (Å²) in [4.78, 5) is 33.6. The van der Waals surface area contributed by atoms with Gasteiger partial charge < -0.3 is 4.90 Å². The van der Waals surface area contributed by atoms with E-state index in [0.29, 0.717) is 25.3 Å². The van der Waals surface area contributed by atoms with Crippen molar-refractivity contribution in [3.63, 3.8) is 0 Å². The van der Waals surface area contributed by atoms with E-state index in [-0.39, 0.29) is 11.5 Å². The van der Waals surface area contributed by atoms with Crippen LogP contribution >= 0.6 is 0 Å². The lowest BCUT2D eigenvalue weighted by molar-refractivity contribution is 0.0627. The number of aromatic nitrogens is 2. The summed E-state index contributed by atoms with van der Waals surface area (Å²) in [5.74, 6) is 0.0766. The van der Waals surface area contributed by atoms with Crippen molar-refractivity contribution in [3.05, 3.63) is 81.9 Å². The van der Waals surface area contributed by atoms with Crippen molar-refractivity contribution in [3.8, 4) is 0 Å². The normalized spacial score (nSPS) is 15.2. The van der Waals surface area contributed by atoms with Crippen LogP contribution in [0, 0.1) is 6.92 Å². The molecular formula is C21H22N4O2. The molecule has 6 heteroatoms. The van der Waals surface area contributed by atoms with E-state index in [2.05, 4.69) is 9.88 Å². The lowest BCUT2D eigenvalue weighted by Gasteiger charge is -2.34. The number of nitrogens with zero attached hydrogens (tertiary/aromatic N) is 4. The second-order valence-corrected chi connectivity index (χ2v) is 6.95.